The minimum Gasteiger partial charge on any atom is -0.497 e. The minimum atomic E-state index is 0.0976. The number of hydrogen-bond acceptors (Lipinski definition) is 4. The molecular weight excluding hydrogens is 316 g/mol. The predicted octanol–water partition coefficient (Wildman–Crippen LogP) is 1.74. The van der Waals surface area contributed by atoms with E-state index in [9.17, 15) is 4.79 Å². The van der Waals surface area contributed by atoms with Gasteiger partial charge in [-0.15, -0.1) is 0 Å². The summed E-state index contributed by atoms with van der Waals surface area (Å²) in [5.74, 6) is 0.988. The van der Waals surface area contributed by atoms with Crippen LogP contribution in [-0.4, -0.2) is 65.3 Å². The molecule has 2 aromatic rings. The van der Waals surface area contributed by atoms with Crippen LogP contribution in [0.3, 0.4) is 0 Å². The van der Waals surface area contributed by atoms with Crippen molar-refractivity contribution in [3.8, 4) is 5.75 Å². The van der Waals surface area contributed by atoms with Crippen molar-refractivity contribution in [2.45, 2.75) is 13.3 Å². The Labute approximate surface area is 149 Å². The first-order chi connectivity index (χ1) is 12.1. The van der Waals surface area contributed by atoms with Gasteiger partial charge >= 0.3 is 0 Å². The maximum atomic E-state index is 12.6. The number of ether oxygens (including phenoxy) is 1. The van der Waals surface area contributed by atoms with Crippen molar-refractivity contribution in [3.05, 3.63) is 47.3 Å². The quantitative estimate of drug-likeness (QED) is 0.830. The summed E-state index contributed by atoms with van der Waals surface area (Å²) in [6.45, 7) is 6.33. The Hall–Kier alpha value is -2.34. The summed E-state index contributed by atoms with van der Waals surface area (Å²) in [7, 11) is 3.55. The zero-order valence-electron chi connectivity index (χ0n) is 15.2. The van der Waals surface area contributed by atoms with Crippen molar-refractivity contribution < 1.29 is 9.53 Å². The standard InChI is InChI=1S/C19H26N4O2/c1-15-18(14-20-21(15)2)19(24)23-12-10-22(11-13-23)9-8-16-4-6-17(25-3)7-5-16/h4-7,14H,8-13H2,1-3H3. The fraction of sp³-hybridized carbons (Fsp3) is 0.474. The molecule has 0 aliphatic carbocycles. The Balaban J connectivity index is 1.48. The lowest BCUT2D eigenvalue weighted by Crippen LogP contribution is -2.49. The van der Waals surface area contributed by atoms with E-state index < -0.39 is 0 Å². The highest BCUT2D eigenvalue weighted by molar-refractivity contribution is 5.95. The number of piperazine rings is 1. The number of methoxy groups -OCH3 is 1. The number of carbonyl (C=O) groups is 1. The predicted molar refractivity (Wildman–Crippen MR) is 97.0 cm³/mol. The van der Waals surface area contributed by atoms with Gasteiger partial charge in [-0.1, -0.05) is 12.1 Å². The van der Waals surface area contributed by atoms with Crippen molar-refractivity contribution in [3.63, 3.8) is 0 Å². The zero-order valence-corrected chi connectivity index (χ0v) is 15.2. The third-order valence-electron chi connectivity index (χ3n) is 5.00. The highest BCUT2D eigenvalue weighted by Crippen LogP contribution is 2.14. The highest BCUT2D eigenvalue weighted by Gasteiger charge is 2.24. The van der Waals surface area contributed by atoms with E-state index in [1.165, 1.54) is 5.56 Å². The van der Waals surface area contributed by atoms with Crippen LogP contribution in [0.1, 0.15) is 21.6 Å². The van der Waals surface area contributed by atoms with Gasteiger partial charge in [0.05, 0.1) is 18.9 Å². The number of aromatic nitrogens is 2. The molecule has 0 bridgehead atoms. The molecule has 0 atom stereocenters. The van der Waals surface area contributed by atoms with Crippen LogP contribution in [0.5, 0.6) is 5.75 Å². The minimum absolute atomic E-state index is 0.0976. The van der Waals surface area contributed by atoms with E-state index in [1.807, 2.05) is 31.0 Å². The fourth-order valence-corrected chi connectivity index (χ4v) is 3.13. The first-order valence-electron chi connectivity index (χ1n) is 8.71. The van der Waals surface area contributed by atoms with Gasteiger partial charge < -0.3 is 9.64 Å². The highest BCUT2D eigenvalue weighted by atomic mass is 16.5. The average Bonchev–Trinajstić information content (AvgIpc) is 2.99. The summed E-state index contributed by atoms with van der Waals surface area (Å²) in [5.41, 5.74) is 2.95. The molecule has 0 radical (unpaired) electrons. The molecule has 6 heteroatoms. The normalized spacial score (nSPS) is 15.4. The lowest BCUT2D eigenvalue weighted by molar-refractivity contribution is 0.0637. The first-order valence-corrected chi connectivity index (χ1v) is 8.71. The number of aryl methyl sites for hydroxylation is 1. The van der Waals surface area contributed by atoms with Crippen LogP contribution in [0.15, 0.2) is 30.5 Å². The Kier molecular flexibility index (Phi) is 5.38. The molecule has 1 fully saturated rings. The molecule has 1 amide bonds. The van der Waals surface area contributed by atoms with E-state index >= 15 is 0 Å². The van der Waals surface area contributed by atoms with Crippen LogP contribution in [-0.2, 0) is 13.5 Å². The molecule has 134 valence electrons. The van der Waals surface area contributed by atoms with Crippen LogP contribution < -0.4 is 4.74 Å². The second-order valence-corrected chi connectivity index (χ2v) is 6.50. The molecule has 1 aromatic heterocycles. The topological polar surface area (TPSA) is 50.6 Å². The molecular formula is C19H26N4O2. The van der Waals surface area contributed by atoms with Crippen LogP contribution >= 0.6 is 0 Å². The van der Waals surface area contributed by atoms with E-state index in [-0.39, 0.29) is 5.91 Å². The second-order valence-electron chi connectivity index (χ2n) is 6.50. The molecule has 6 nitrogen and oxygen atoms in total. The molecule has 3 rings (SSSR count). The number of rotatable bonds is 5. The summed E-state index contributed by atoms with van der Waals surface area (Å²) in [6, 6.07) is 8.23. The molecule has 0 unspecified atom stereocenters. The molecule has 0 spiro atoms. The third kappa shape index (κ3) is 4.02. The van der Waals surface area contributed by atoms with Crippen molar-refractivity contribution in [2.24, 2.45) is 7.05 Å². The molecule has 2 heterocycles. The summed E-state index contributed by atoms with van der Waals surface area (Å²) >= 11 is 0. The average molecular weight is 342 g/mol. The first kappa shape index (κ1) is 17.5. The third-order valence-corrected chi connectivity index (χ3v) is 5.00. The van der Waals surface area contributed by atoms with Crippen LogP contribution in [0.4, 0.5) is 0 Å². The summed E-state index contributed by atoms with van der Waals surface area (Å²) in [4.78, 5) is 17.0. The lowest BCUT2D eigenvalue weighted by atomic mass is 10.1. The Morgan fingerprint density at radius 1 is 1.16 bits per heavy atom. The van der Waals surface area contributed by atoms with Gasteiger partial charge in [0.2, 0.25) is 0 Å². The molecule has 1 aliphatic rings. The van der Waals surface area contributed by atoms with Gasteiger partial charge in [0, 0.05) is 45.5 Å². The van der Waals surface area contributed by atoms with Gasteiger partial charge in [-0.2, -0.15) is 5.10 Å². The largest absolute Gasteiger partial charge is 0.497 e. The molecule has 0 saturated carbocycles. The monoisotopic (exact) mass is 342 g/mol. The Morgan fingerprint density at radius 3 is 2.40 bits per heavy atom. The molecule has 1 aromatic carbocycles. The van der Waals surface area contributed by atoms with E-state index in [0.29, 0.717) is 5.56 Å². The molecule has 0 N–H and O–H groups in total. The summed E-state index contributed by atoms with van der Waals surface area (Å²) in [6.07, 6.45) is 2.69. The van der Waals surface area contributed by atoms with Crippen LogP contribution in [0, 0.1) is 6.92 Å². The van der Waals surface area contributed by atoms with Gasteiger partial charge in [-0.05, 0) is 31.0 Å². The van der Waals surface area contributed by atoms with Gasteiger partial charge in [-0.3, -0.25) is 14.4 Å². The molecule has 1 aliphatic heterocycles. The van der Waals surface area contributed by atoms with E-state index in [2.05, 4.69) is 22.1 Å². The number of amides is 1. The van der Waals surface area contributed by atoms with Gasteiger partial charge in [0.25, 0.3) is 5.91 Å². The smallest absolute Gasteiger partial charge is 0.257 e. The second kappa shape index (κ2) is 7.70. The fourth-order valence-electron chi connectivity index (χ4n) is 3.13. The zero-order chi connectivity index (χ0) is 17.8. The number of hydrogen-bond donors (Lipinski definition) is 0. The number of carbonyl (C=O) groups excluding carboxylic acids is 1. The number of nitrogens with zero attached hydrogens (tertiary/aromatic N) is 4. The number of benzene rings is 1. The maximum Gasteiger partial charge on any atom is 0.257 e. The van der Waals surface area contributed by atoms with Crippen LogP contribution in [0.25, 0.3) is 0 Å². The maximum absolute atomic E-state index is 12.6. The van der Waals surface area contributed by atoms with Gasteiger partial charge in [-0.25, -0.2) is 0 Å². The summed E-state index contributed by atoms with van der Waals surface area (Å²) < 4.78 is 6.94. The van der Waals surface area contributed by atoms with E-state index in [4.69, 9.17) is 4.74 Å². The van der Waals surface area contributed by atoms with Crippen LogP contribution in [0.2, 0.25) is 0 Å². The van der Waals surface area contributed by atoms with Crippen molar-refractivity contribution in [1.29, 1.82) is 0 Å². The van der Waals surface area contributed by atoms with Crippen molar-refractivity contribution in [2.75, 3.05) is 39.8 Å². The van der Waals surface area contributed by atoms with Crippen molar-refractivity contribution >= 4 is 5.91 Å². The molecule has 25 heavy (non-hydrogen) atoms. The van der Waals surface area contributed by atoms with Crippen molar-refractivity contribution in [1.82, 2.24) is 19.6 Å². The molecule has 1 saturated heterocycles. The summed E-state index contributed by atoms with van der Waals surface area (Å²) in [5, 5.41) is 4.17. The lowest BCUT2D eigenvalue weighted by Gasteiger charge is -2.34. The Bertz CT molecular complexity index is 716. The Morgan fingerprint density at radius 2 is 1.84 bits per heavy atom. The van der Waals surface area contributed by atoms with Gasteiger partial charge in [0.1, 0.15) is 5.75 Å². The van der Waals surface area contributed by atoms with E-state index in [1.54, 1.807) is 18.0 Å². The van der Waals surface area contributed by atoms with Gasteiger partial charge in [0.15, 0.2) is 0 Å². The SMILES string of the molecule is COc1ccc(CCN2CCN(C(=O)c3cnn(C)c3C)CC2)cc1. The van der Waals surface area contributed by atoms with E-state index in [0.717, 1.165) is 50.6 Å².